The molecule has 0 unspecified atom stereocenters. The first-order chi connectivity index (χ1) is 9.25. The van der Waals surface area contributed by atoms with Gasteiger partial charge in [-0.25, -0.2) is 4.68 Å². The largest absolute Gasteiger partial charge is 0.416 e. The topological polar surface area (TPSA) is 43.8 Å². The van der Waals surface area contributed by atoms with Gasteiger partial charge < -0.3 is 5.73 Å². The van der Waals surface area contributed by atoms with Crippen LogP contribution in [0.5, 0.6) is 0 Å². The summed E-state index contributed by atoms with van der Waals surface area (Å²) in [7, 11) is 0. The molecule has 1 aromatic carbocycles. The van der Waals surface area contributed by atoms with Crippen molar-refractivity contribution in [2.45, 2.75) is 33.5 Å². The molecule has 0 atom stereocenters. The zero-order valence-corrected chi connectivity index (χ0v) is 11.5. The molecule has 0 aliphatic carbocycles. The van der Waals surface area contributed by atoms with Crippen LogP contribution in [0.4, 0.5) is 13.2 Å². The van der Waals surface area contributed by atoms with Crippen LogP contribution in [-0.4, -0.2) is 9.78 Å². The van der Waals surface area contributed by atoms with Crippen molar-refractivity contribution in [3.05, 3.63) is 46.3 Å². The van der Waals surface area contributed by atoms with Crippen LogP contribution in [0, 0.1) is 20.8 Å². The van der Waals surface area contributed by atoms with Gasteiger partial charge in [0.05, 0.1) is 16.9 Å². The molecule has 0 aliphatic heterocycles. The van der Waals surface area contributed by atoms with Crippen LogP contribution in [0.2, 0.25) is 0 Å². The number of benzene rings is 1. The van der Waals surface area contributed by atoms with Gasteiger partial charge in [0, 0.05) is 12.2 Å². The lowest BCUT2D eigenvalue weighted by Crippen LogP contribution is -2.13. The average Bonchev–Trinajstić information content (AvgIpc) is 2.65. The first-order valence-corrected chi connectivity index (χ1v) is 6.19. The molecule has 1 heterocycles. The second-order valence-electron chi connectivity index (χ2n) is 4.75. The molecule has 0 fully saturated rings. The van der Waals surface area contributed by atoms with Crippen LogP contribution in [0.25, 0.3) is 5.69 Å². The third-order valence-corrected chi connectivity index (χ3v) is 3.52. The summed E-state index contributed by atoms with van der Waals surface area (Å²) in [5.74, 6) is 0. The second kappa shape index (κ2) is 4.94. The number of aromatic nitrogens is 2. The number of aryl methyl sites for hydroxylation is 1. The van der Waals surface area contributed by atoms with Crippen LogP contribution < -0.4 is 5.73 Å². The van der Waals surface area contributed by atoms with E-state index in [0.717, 1.165) is 23.0 Å². The molecule has 0 bridgehead atoms. The zero-order chi connectivity index (χ0) is 15.1. The second-order valence-corrected chi connectivity index (χ2v) is 4.75. The highest BCUT2D eigenvalue weighted by molar-refractivity contribution is 5.44. The van der Waals surface area contributed by atoms with E-state index in [4.69, 9.17) is 5.73 Å². The van der Waals surface area contributed by atoms with Gasteiger partial charge in [0.15, 0.2) is 0 Å². The van der Waals surface area contributed by atoms with Crippen molar-refractivity contribution in [2.75, 3.05) is 0 Å². The normalized spacial score (nSPS) is 11.9. The number of hydrogen-bond acceptors (Lipinski definition) is 2. The van der Waals surface area contributed by atoms with E-state index in [1.165, 1.54) is 10.7 Å². The molecule has 0 saturated heterocycles. The SMILES string of the molecule is Cc1nn(-c2ccc(CN)c(C(F)(F)F)c2)c(C)c1C. The Balaban J connectivity index is 2.62. The third kappa shape index (κ3) is 2.43. The predicted molar refractivity (Wildman–Crippen MR) is 70.7 cm³/mol. The summed E-state index contributed by atoms with van der Waals surface area (Å²) in [5, 5.41) is 4.28. The zero-order valence-electron chi connectivity index (χ0n) is 11.5. The van der Waals surface area contributed by atoms with Crippen LogP contribution in [0.1, 0.15) is 28.1 Å². The minimum Gasteiger partial charge on any atom is -0.326 e. The Morgan fingerprint density at radius 2 is 1.85 bits per heavy atom. The molecule has 0 aliphatic rings. The van der Waals surface area contributed by atoms with E-state index in [0.29, 0.717) is 5.69 Å². The van der Waals surface area contributed by atoms with Gasteiger partial charge in [-0.15, -0.1) is 0 Å². The number of hydrogen-bond donors (Lipinski definition) is 1. The molecule has 2 aromatic rings. The maximum absolute atomic E-state index is 13.0. The lowest BCUT2D eigenvalue weighted by atomic mass is 10.1. The highest BCUT2D eigenvalue weighted by Crippen LogP contribution is 2.33. The fourth-order valence-electron chi connectivity index (χ4n) is 2.11. The molecule has 1 aromatic heterocycles. The molecule has 2 N–H and O–H groups in total. The van der Waals surface area contributed by atoms with Gasteiger partial charge in [-0.2, -0.15) is 18.3 Å². The van der Waals surface area contributed by atoms with Crippen molar-refractivity contribution in [2.24, 2.45) is 5.73 Å². The van der Waals surface area contributed by atoms with Crippen molar-refractivity contribution >= 4 is 0 Å². The van der Waals surface area contributed by atoms with E-state index < -0.39 is 11.7 Å². The molecule has 0 spiro atoms. The Bertz CT molecular complexity index is 642. The molecule has 20 heavy (non-hydrogen) atoms. The van der Waals surface area contributed by atoms with E-state index in [1.807, 2.05) is 20.8 Å². The number of halogens is 3. The van der Waals surface area contributed by atoms with E-state index in [-0.39, 0.29) is 12.1 Å². The average molecular weight is 283 g/mol. The van der Waals surface area contributed by atoms with Crippen molar-refractivity contribution in [3.8, 4) is 5.69 Å². The fraction of sp³-hybridized carbons (Fsp3) is 0.357. The molecule has 108 valence electrons. The Morgan fingerprint density at radius 3 is 2.30 bits per heavy atom. The third-order valence-electron chi connectivity index (χ3n) is 3.52. The lowest BCUT2D eigenvalue weighted by Gasteiger charge is -2.14. The highest BCUT2D eigenvalue weighted by Gasteiger charge is 2.33. The molecular weight excluding hydrogens is 267 g/mol. The minimum atomic E-state index is -4.42. The molecule has 0 radical (unpaired) electrons. The monoisotopic (exact) mass is 283 g/mol. The van der Waals surface area contributed by atoms with Gasteiger partial charge in [-0.05, 0) is 44.0 Å². The van der Waals surface area contributed by atoms with Gasteiger partial charge in [0.1, 0.15) is 0 Å². The first-order valence-electron chi connectivity index (χ1n) is 6.19. The van der Waals surface area contributed by atoms with Crippen LogP contribution in [-0.2, 0) is 12.7 Å². The lowest BCUT2D eigenvalue weighted by molar-refractivity contribution is -0.138. The molecule has 0 saturated carbocycles. The summed E-state index contributed by atoms with van der Waals surface area (Å²) in [6, 6.07) is 4.11. The molecular formula is C14H16F3N3. The van der Waals surface area contributed by atoms with Crippen LogP contribution in [0.15, 0.2) is 18.2 Å². The first kappa shape index (κ1) is 14.6. The molecule has 3 nitrogen and oxygen atoms in total. The highest BCUT2D eigenvalue weighted by atomic mass is 19.4. The number of alkyl halides is 3. The quantitative estimate of drug-likeness (QED) is 0.919. The maximum Gasteiger partial charge on any atom is 0.416 e. The standard InChI is InChI=1S/C14H16F3N3/c1-8-9(2)19-20(10(8)3)12-5-4-11(7-18)13(6-12)14(15,16)17/h4-6H,7,18H2,1-3H3. The van der Waals surface area contributed by atoms with E-state index in [1.54, 1.807) is 6.07 Å². The van der Waals surface area contributed by atoms with E-state index in [9.17, 15) is 13.2 Å². The van der Waals surface area contributed by atoms with Gasteiger partial charge in [-0.1, -0.05) is 6.07 Å². The van der Waals surface area contributed by atoms with Crippen molar-refractivity contribution in [3.63, 3.8) is 0 Å². The van der Waals surface area contributed by atoms with E-state index >= 15 is 0 Å². The van der Waals surface area contributed by atoms with Gasteiger partial charge >= 0.3 is 6.18 Å². The summed E-state index contributed by atoms with van der Waals surface area (Å²) < 4.78 is 40.6. The molecule has 6 heteroatoms. The summed E-state index contributed by atoms with van der Waals surface area (Å²) in [6.45, 7) is 5.41. The summed E-state index contributed by atoms with van der Waals surface area (Å²) in [4.78, 5) is 0. The Morgan fingerprint density at radius 1 is 1.20 bits per heavy atom. The number of rotatable bonds is 2. The van der Waals surface area contributed by atoms with Gasteiger partial charge in [0.2, 0.25) is 0 Å². The molecule has 0 amide bonds. The minimum absolute atomic E-state index is 0.0829. The maximum atomic E-state index is 13.0. The van der Waals surface area contributed by atoms with Crippen molar-refractivity contribution < 1.29 is 13.2 Å². The summed E-state index contributed by atoms with van der Waals surface area (Å²) >= 11 is 0. The van der Waals surface area contributed by atoms with Crippen LogP contribution >= 0.6 is 0 Å². The van der Waals surface area contributed by atoms with Gasteiger partial charge in [-0.3, -0.25) is 0 Å². The van der Waals surface area contributed by atoms with Crippen molar-refractivity contribution in [1.82, 2.24) is 9.78 Å². The summed E-state index contributed by atoms with van der Waals surface area (Å²) in [5.41, 5.74) is 7.75. The van der Waals surface area contributed by atoms with Crippen molar-refractivity contribution in [1.29, 1.82) is 0 Å². The Kier molecular flexibility index (Phi) is 3.60. The predicted octanol–water partition coefficient (Wildman–Crippen LogP) is 3.28. The summed E-state index contributed by atoms with van der Waals surface area (Å²) in [6.07, 6.45) is -4.42. The van der Waals surface area contributed by atoms with Crippen LogP contribution in [0.3, 0.4) is 0 Å². The fourth-order valence-corrected chi connectivity index (χ4v) is 2.11. The smallest absolute Gasteiger partial charge is 0.326 e. The Labute approximate surface area is 115 Å². The Hall–Kier alpha value is -1.82. The van der Waals surface area contributed by atoms with Gasteiger partial charge in [0.25, 0.3) is 0 Å². The number of nitrogens with two attached hydrogens (primary N) is 1. The number of nitrogens with zero attached hydrogens (tertiary/aromatic N) is 2. The van der Waals surface area contributed by atoms with E-state index in [2.05, 4.69) is 5.10 Å². The molecule has 2 rings (SSSR count).